The Balaban J connectivity index is 2.92. The van der Waals surface area contributed by atoms with Gasteiger partial charge in [0.25, 0.3) is 0 Å². The normalized spacial score (nSPS) is 11.4. The van der Waals surface area contributed by atoms with Crippen LogP contribution >= 0.6 is 0 Å². The van der Waals surface area contributed by atoms with Gasteiger partial charge in [-0.2, -0.15) is 13.2 Å². The molecule has 0 aliphatic heterocycles. The van der Waals surface area contributed by atoms with Crippen molar-refractivity contribution in [1.29, 1.82) is 0 Å². The maximum atomic E-state index is 12.1. The fraction of sp³-hybridized carbons (Fsp3) is 0.333. The first kappa shape index (κ1) is 9.89. The molecule has 0 amide bonds. The van der Waals surface area contributed by atoms with E-state index in [2.05, 4.69) is 6.07 Å². The van der Waals surface area contributed by atoms with E-state index in [1.54, 1.807) is 6.92 Å². The summed E-state index contributed by atoms with van der Waals surface area (Å²) in [4.78, 5) is 0. The predicted molar refractivity (Wildman–Crippen MR) is 41.4 cm³/mol. The van der Waals surface area contributed by atoms with Crippen molar-refractivity contribution in [2.75, 3.05) is 6.61 Å². The third-order valence-electron chi connectivity index (χ3n) is 1.37. The molecule has 1 radical (unpaired) electrons. The number of rotatable bonds is 2. The van der Waals surface area contributed by atoms with Gasteiger partial charge in [0.15, 0.2) is 0 Å². The third-order valence-corrected chi connectivity index (χ3v) is 1.37. The summed E-state index contributed by atoms with van der Waals surface area (Å²) in [6.07, 6.45) is -4.35. The summed E-state index contributed by atoms with van der Waals surface area (Å²) in [5.74, 6) is 0.123. The van der Waals surface area contributed by atoms with Crippen LogP contribution in [0.25, 0.3) is 0 Å². The minimum atomic E-state index is -4.35. The molecule has 1 aromatic rings. The molecular formula is C9H8F3O. The van der Waals surface area contributed by atoms with Gasteiger partial charge in [-0.1, -0.05) is 6.07 Å². The Morgan fingerprint density at radius 3 is 2.62 bits per heavy atom. The standard InChI is InChI=1S/C9H8F3O/c1-2-13-8-5-3-4-7(6-8)9(10,11)12/h3-5H,2H2,1H3. The fourth-order valence-corrected chi connectivity index (χ4v) is 0.853. The van der Waals surface area contributed by atoms with Crippen molar-refractivity contribution in [3.05, 3.63) is 29.8 Å². The van der Waals surface area contributed by atoms with Crippen LogP contribution in [0.2, 0.25) is 0 Å². The van der Waals surface area contributed by atoms with Crippen molar-refractivity contribution < 1.29 is 17.9 Å². The monoisotopic (exact) mass is 189 g/mol. The van der Waals surface area contributed by atoms with Crippen molar-refractivity contribution >= 4 is 0 Å². The molecule has 0 spiro atoms. The molecule has 0 saturated heterocycles. The first-order valence-electron chi connectivity index (χ1n) is 3.76. The summed E-state index contributed by atoms with van der Waals surface area (Å²) in [6, 6.07) is 5.84. The minimum absolute atomic E-state index is 0.123. The van der Waals surface area contributed by atoms with Crippen molar-refractivity contribution in [1.82, 2.24) is 0 Å². The Morgan fingerprint density at radius 2 is 2.08 bits per heavy atom. The topological polar surface area (TPSA) is 9.23 Å². The van der Waals surface area contributed by atoms with E-state index in [1.165, 1.54) is 12.1 Å². The quantitative estimate of drug-likeness (QED) is 0.695. The van der Waals surface area contributed by atoms with E-state index < -0.39 is 11.7 Å². The second-order valence-electron chi connectivity index (χ2n) is 2.36. The van der Waals surface area contributed by atoms with Gasteiger partial charge in [-0.15, -0.1) is 0 Å². The van der Waals surface area contributed by atoms with Crippen LogP contribution in [0.15, 0.2) is 18.2 Å². The lowest BCUT2D eigenvalue weighted by atomic mass is 10.2. The Bertz CT molecular complexity index is 280. The average Bonchev–Trinajstić information content (AvgIpc) is 2.04. The summed E-state index contributed by atoms with van der Waals surface area (Å²) in [6.45, 7) is 2.03. The first-order chi connectivity index (χ1) is 6.04. The summed E-state index contributed by atoms with van der Waals surface area (Å²) in [5.41, 5.74) is -0.807. The second-order valence-corrected chi connectivity index (χ2v) is 2.36. The lowest BCUT2D eigenvalue weighted by Crippen LogP contribution is -2.05. The van der Waals surface area contributed by atoms with Gasteiger partial charge < -0.3 is 4.74 Å². The number of ether oxygens (including phenoxy) is 1. The average molecular weight is 189 g/mol. The molecule has 13 heavy (non-hydrogen) atoms. The highest BCUT2D eigenvalue weighted by atomic mass is 19.4. The van der Waals surface area contributed by atoms with Crippen molar-refractivity contribution in [2.45, 2.75) is 13.1 Å². The Kier molecular flexibility index (Phi) is 2.80. The van der Waals surface area contributed by atoms with E-state index in [0.717, 1.165) is 6.07 Å². The molecule has 0 aromatic heterocycles. The second kappa shape index (κ2) is 3.68. The van der Waals surface area contributed by atoms with E-state index >= 15 is 0 Å². The highest BCUT2D eigenvalue weighted by molar-refractivity contribution is 5.28. The Labute approximate surface area is 74.1 Å². The fourth-order valence-electron chi connectivity index (χ4n) is 0.853. The summed E-state index contributed by atoms with van der Waals surface area (Å²) in [7, 11) is 0. The molecule has 1 nitrogen and oxygen atoms in total. The van der Waals surface area contributed by atoms with Crippen molar-refractivity contribution in [3.8, 4) is 5.75 Å². The number of benzene rings is 1. The van der Waals surface area contributed by atoms with Crippen LogP contribution in [0.4, 0.5) is 13.2 Å². The third kappa shape index (κ3) is 2.65. The molecule has 0 aliphatic carbocycles. The van der Waals surface area contributed by atoms with E-state index in [-0.39, 0.29) is 5.75 Å². The molecule has 1 aromatic carbocycles. The van der Waals surface area contributed by atoms with Crippen LogP contribution in [0.5, 0.6) is 5.75 Å². The summed E-state index contributed by atoms with van der Waals surface area (Å²) >= 11 is 0. The lowest BCUT2D eigenvalue weighted by molar-refractivity contribution is -0.137. The zero-order chi connectivity index (χ0) is 9.90. The van der Waals surface area contributed by atoms with E-state index in [1.807, 2.05) is 0 Å². The number of halogens is 3. The maximum absolute atomic E-state index is 12.1. The number of hydrogen-bond donors (Lipinski definition) is 0. The van der Waals surface area contributed by atoms with E-state index in [4.69, 9.17) is 4.74 Å². The largest absolute Gasteiger partial charge is 0.493 e. The van der Waals surface area contributed by atoms with Crippen molar-refractivity contribution in [3.63, 3.8) is 0 Å². The van der Waals surface area contributed by atoms with Gasteiger partial charge in [0, 0.05) is 6.07 Å². The van der Waals surface area contributed by atoms with Crippen LogP contribution in [0, 0.1) is 6.07 Å². The van der Waals surface area contributed by atoms with E-state index in [9.17, 15) is 13.2 Å². The smallest absolute Gasteiger partial charge is 0.417 e. The molecule has 0 heterocycles. The number of hydrogen-bond acceptors (Lipinski definition) is 1. The molecule has 0 N–H and O–H groups in total. The lowest BCUT2D eigenvalue weighted by Gasteiger charge is -2.07. The molecule has 0 atom stereocenters. The number of alkyl halides is 3. The van der Waals surface area contributed by atoms with Crippen LogP contribution in [0.3, 0.4) is 0 Å². The molecule has 0 saturated carbocycles. The minimum Gasteiger partial charge on any atom is -0.493 e. The zero-order valence-corrected chi connectivity index (χ0v) is 6.98. The Hall–Kier alpha value is -1.19. The molecule has 0 bridgehead atoms. The van der Waals surface area contributed by atoms with Gasteiger partial charge in [0.05, 0.1) is 12.2 Å². The summed E-state index contributed by atoms with van der Waals surface area (Å²) < 4.78 is 41.3. The van der Waals surface area contributed by atoms with Gasteiger partial charge in [-0.05, 0) is 19.1 Å². The highest BCUT2D eigenvalue weighted by Crippen LogP contribution is 2.30. The van der Waals surface area contributed by atoms with Gasteiger partial charge in [-0.3, -0.25) is 0 Å². The van der Waals surface area contributed by atoms with Gasteiger partial charge in [0.1, 0.15) is 5.75 Å². The van der Waals surface area contributed by atoms with Gasteiger partial charge in [-0.25, -0.2) is 0 Å². The van der Waals surface area contributed by atoms with Gasteiger partial charge >= 0.3 is 6.18 Å². The van der Waals surface area contributed by atoms with Gasteiger partial charge in [0.2, 0.25) is 0 Å². The molecular weight excluding hydrogens is 181 g/mol. The molecule has 0 aliphatic rings. The van der Waals surface area contributed by atoms with Crippen LogP contribution in [-0.4, -0.2) is 6.61 Å². The zero-order valence-electron chi connectivity index (χ0n) is 6.98. The summed E-state index contributed by atoms with van der Waals surface area (Å²) in [5, 5.41) is 0. The highest BCUT2D eigenvalue weighted by Gasteiger charge is 2.30. The van der Waals surface area contributed by atoms with Crippen LogP contribution in [0.1, 0.15) is 12.5 Å². The molecule has 4 heteroatoms. The van der Waals surface area contributed by atoms with E-state index in [0.29, 0.717) is 6.61 Å². The maximum Gasteiger partial charge on any atom is 0.417 e. The SMILES string of the molecule is CCOc1[c]c(C(F)(F)F)ccc1. The van der Waals surface area contributed by atoms with Crippen LogP contribution < -0.4 is 4.74 Å². The van der Waals surface area contributed by atoms with Crippen LogP contribution in [-0.2, 0) is 6.18 Å². The Morgan fingerprint density at radius 1 is 1.38 bits per heavy atom. The molecule has 0 fully saturated rings. The van der Waals surface area contributed by atoms with Crippen molar-refractivity contribution in [2.24, 2.45) is 0 Å². The first-order valence-corrected chi connectivity index (χ1v) is 3.76. The molecule has 71 valence electrons. The molecule has 0 unspecified atom stereocenters. The molecule has 1 rings (SSSR count). The predicted octanol–water partition coefficient (Wildman–Crippen LogP) is 2.90.